The summed E-state index contributed by atoms with van der Waals surface area (Å²) in [6.07, 6.45) is 0.476. The zero-order valence-electron chi connectivity index (χ0n) is 10.5. The molecule has 1 unspecified atom stereocenters. The number of rotatable bonds is 3. The molecule has 0 bridgehead atoms. The molecule has 0 radical (unpaired) electrons. The third-order valence-electron chi connectivity index (χ3n) is 3.46. The van der Waals surface area contributed by atoms with Gasteiger partial charge in [-0.3, -0.25) is 9.69 Å². The van der Waals surface area contributed by atoms with Crippen molar-refractivity contribution in [3.05, 3.63) is 17.5 Å². The molecule has 2 aliphatic heterocycles. The first-order valence-electron chi connectivity index (χ1n) is 6.13. The van der Waals surface area contributed by atoms with Gasteiger partial charge in [-0.25, -0.2) is 13.2 Å². The molecule has 0 aromatic carbocycles. The Morgan fingerprint density at radius 3 is 2.75 bits per heavy atom. The van der Waals surface area contributed by atoms with E-state index >= 15 is 0 Å². The molecular formula is C11H13N3O4S2. The van der Waals surface area contributed by atoms with Gasteiger partial charge in [-0.2, -0.15) is 4.31 Å². The fourth-order valence-corrected chi connectivity index (χ4v) is 5.12. The quantitative estimate of drug-likeness (QED) is 0.799. The number of carbonyl (C=O) groups excluding carboxylic acids is 2. The van der Waals surface area contributed by atoms with Gasteiger partial charge in [0, 0.05) is 13.1 Å². The van der Waals surface area contributed by atoms with Crippen LogP contribution in [0.3, 0.4) is 0 Å². The van der Waals surface area contributed by atoms with E-state index in [9.17, 15) is 18.0 Å². The number of sulfonamides is 1. The average molecular weight is 315 g/mol. The highest BCUT2D eigenvalue weighted by molar-refractivity contribution is 7.91. The number of imide groups is 1. The number of hydrogen-bond acceptors (Lipinski definition) is 5. The van der Waals surface area contributed by atoms with E-state index in [4.69, 9.17) is 0 Å². The molecule has 20 heavy (non-hydrogen) atoms. The first-order valence-corrected chi connectivity index (χ1v) is 8.45. The maximum absolute atomic E-state index is 12.4. The SMILES string of the molecule is O=C1CNC(=O)N1C1CCN(S(=O)(=O)c2cccs2)C1. The van der Waals surface area contributed by atoms with Gasteiger partial charge in [-0.05, 0) is 17.9 Å². The monoisotopic (exact) mass is 315 g/mol. The van der Waals surface area contributed by atoms with Crippen molar-refractivity contribution in [3.8, 4) is 0 Å². The summed E-state index contributed by atoms with van der Waals surface area (Å²) in [6.45, 7) is 0.481. The zero-order chi connectivity index (χ0) is 14.3. The molecule has 108 valence electrons. The van der Waals surface area contributed by atoms with Crippen LogP contribution in [0.25, 0.3) is 0 Å². The number of nitrogens with zero attached hydrogens (tertiary/aromatic N) is 2. The lowest BCUT2D eigenvalue weighted by molar-refractivity contribution is -0.126. The number of urea groups is 1. The van der Waals surface area contributed by atoms with E-state index in [0.717, 1.165) is 16.2 Å². The summed E-state index contributed by atoms with van der Waals surface area (Å²) in [6, 6.07) is 2.43. The van der Waals surface area contributed by atoms with E-state index in [-0.39, 0.29) is 29.2 Å². The Bertz CT molecular complexity index is 625. The van der Waals surface area contributed by atoms with Gasteiger partial charge >= 0.3 is 6.03 Å². The lowest BCUT2D eigenvalue weighted by atomic mass is 10.2. The van der Waals surface area contributed by atoms with Gasteiger partial charge in [-0.1, -0.05) is 6.07 Å². The molecule has 2 aliphatic rings. The van der Waals surface area contributed by atoms with Crippen LogP contribution >= 0.6 is 11.3 Å². The van der Waals surface area contributed by atoms with Crippen molar-refractivity contribution in [2.45, 2.75) is 16.7 Å². The Hall–Kier alpha value is -1.45. The lowest BCUT2D eigenvalue weighted by Crippen LogP contribution is -2.42. The minimum absolute atomic E-state index is 0.00694. The van der Waals surface area contributed by atoms with E-state index in [0.29, 0.717) is 13.0 Å². The molecular weight excluding hydrogens is 302 g/mol. The Balaban J connectivity index is 1.77. The van der Waals surface area contributed by atoms with Gasteiger partial charge in [0.1, 0.15) is 4.21 Å². The maximum Gasteiger partial charge on any atom is 0.324 e. The highest BCUT2D eigenvalue weighted by Crippen LogP contribution is 2.26. The van der Waals surface area contributed by atoms with Crippen LogP contribution in [0, 0.1) is 0 Å². The van der Waals surface area contributed by atoms with E-state index in [2.05, 4.69) is 5.32 Å². The number of hydrogen-bond donors (Lipinski definition) is 1. The van der Waals surface area contributed by atoms with Gasteiger partial charge < -0.3 is 5.32 Å². The highest BCUT2D eigenvalue weighted by atomic mass is 32.2. The third kappa shape index (κ3) is 2.11. The predicted octanol–water partition coefficient (Wildman–Crippen LogP) is 0.0629. The largest absolute Gasteiger partial charge is 0.329 e. The average Bonchev–Trinajstić information content (AvgIpc) is 3.10. The Morgan fingerprint density at radius 2 is 2.15 bits per heavy atom. The summed E-state index contributed by atoms with van der Waals surface area (Å²) in [5.74, 6) is -0.296. The normalized spacial score (nSPS) is 24.4. The van der Waals surface area contributed by atoms with Crippen molar-refractivity contribution >= 4 is 33.3 Å². The molecule has 9 heteroatoms. The summed E-state index contributed by atoms with van der Waals surface area (Å²) in [4.78, 5) is 24.4. The second-order valence-corrected chi connectivity index (χ2v) is 7.77. The van der Waals surface area contributed by atoms with Crippen molar-refractivity contribution in [2.75, 3.05) is 19.6 Å². The van der Waals surface area contributed by atoms with Crippen LogP contribution in [-0.4, -0.2) is 55.2 Å². The van der Waals surface area contributed by atoms with Crippen LogP contribution in [0.15, 0.2) is 21.7 Å². The fraction of sp³-hybridized carbons (Fsp3) is 0.455. The fourth-order valence-electron chi connectivity index (χ4n) is 2.48. The molecule has 2 fully saturated rings. The summed E-state index contributed by atoms with van der Waals surface area (Å²) < 4.78 is 26.3. The maximum atomic E-state index is 12.4. The molecule has 0 spiro atoms. The molecule has 3 amide bonds. The lowest BCUT2D eigenvalue weighted by Gasteiger charge is -2.21. The minimum Gasteiger partial charge on any atom is -0.329 e. The molecule has 0 aliphatic carbocycles. The molecule has 1 aromatic heterocycles. The molecule has 7 nitrogen and oxygen atoms in total. The first-order chi connectivity index (χ1) is 9.50. The van der Waals surface area contributed by atoms with Crippen LogP contribution in [0.2, 0.25) is 0 Å². The second kappa shape index (κ2) is 4.83. The number of amides is 3. The Labute approximate surface area is 120 Å². The third-order valence-corrected chi connectivity index (χ3v) is 6.70. The first kappa shape index (κ1) is 13.5. The predicted molar refractivity (Wildman–Crippen MR) is 71.7 cm³/mol. The van der Waals surface area contributed by atoms with Crippen molar-refractivity contribution in [1.29, 1.82) is 0 Å². The molecule has 0 saturated carbocycles. The van der Waals surface area contributed by atoms with Crippen LogP contribution < -0.4 is 5.32 Å². The summed E-state index contributed by atoms with van der Waals surface area (Å²) in [5.41, 5.74) is 0. The Kier molecular flexibility index (Phi) is 3.27. The van der Waals surface area contributed by atoms with Crippen LogP contribution in [0.4, 0.5) is 4.79 Å². The molecule has 1 atom stereocenters. The molecule has 2 saturated heterocycles. The Morgan fingerprint density at radius 1 is 1.35 bits per heavy atom. The van der Waals surface area contributed by atoms with E-state index in [1.807, 2.05) is 0 Å². The van der Waals surface area contributed by atoms with Crippen molar-refractivity contribution in [2.24, 2.45) is 0 Å². The van der Waals surface area contributed by atoms with Crippen molar-refractivity contribution in [1.82, 2.24) is 14.5 Å². The molecule has 3 rings (SSSR count). The standard InChI is InChI=1S/C11H13N3O4S2/c15-9-6-12-11(16)14(9)8-3-4-13(7-8)20(17,18)10-2-1-5-19-10/h1-2,5,8H,3-4,6-7H2,(H,12,16). The summed E-state index contributed by atoms with van der Waals surface area (Å²) in [5, 5.41) is 4.16. The topological polar surface area (TPSA) is 86.8 Å². The number of thiophene rings is 1. The minimum atomic E-state index is -3.51. The van der Waals surface area contributed by atoms with Crippen molar-refractivity contribution in [3.63, 3.8) is 0 Å². The van der Waals surface area contributed by atoms with Gasteiger partial charge in [-0.15, -0.1) is 11.3 Å². The van der Waals surface area contributed by atoms with Gasteiger partial charge in [0.05, 0.1) is 12.6 Å². The van der Waals surface area contributed by atoms with Crippen LogP contribution in [0.1, 0.15) is 6.42 Å². The number of nitrogens with one attached hydrogen (secondary N) is 1. The van der Waals surface area contributed by atoms with Crippen molar-refractivity contribution < 1.29 is 18.0 Å². The summed E-state index contributed by atoms with van der Waals surface area (Å²) in [7, 11) is -3.51. The van der Waals surface area contributed by atoms with Gasteiger partial charge in [0.15, 0.2) is 0 Å². The highest BCUT2D eigenvalue weighted by Gasteiger charge is 2.41. The second-order valence-electron chi connectivity index (χ2n) is 4.66. The van der Waals surface area contributed by atoms with E-state index in [1.165, 1.54) is 4.31 Å². The smallest absolute Gasteiger partial charge is 0.324 e. The van der Waals surface area contributed by atoms with E-state index in [1.54, 1.807) is 17.5 Å². The van der Waals surface area contributed by atoms with E-state index < -0.39 is 16.1 Å². The van der Waals surface area contributed by atoms with Gasteiger partial charge in [0.2, 0.25) is 5.91 Å². The molecule has 3 heterocycles. The molecule has 1 aromatic rings. The van der Waals surface area contributed by atoms with Gasteiger partial charge in [0.25, 0.3) is 10.0 Å². The van der Waals surface area contributed by atoms with Crippen LogP contribution in [0.5, 0.6) is 0 Å². The zero-order valence-corrected chi connectivity index (χ0v) is 12.1. The van der Waals surface area contributed by atoms with Crippen LogP contribution in [-0.2, 0) is 14.8 Å². The molecule has 1 N–H and O–H groups in total. The summed E-state index contributed by atoms with van der Waals surface area (Å²) >= 11 is 1.16. The number of carbonyl (C=O) groups is 2.